The van der Waals surface area contributed by atoms with E-state index in [-0.39, 0.29) is 5.84 Å². The molecule has 4 heteroatoms. The molecular formula is C12H17N3O. The fraction of sp³-hybridized carbons (Fsp3) is 0.417. The minimum absolute atomic E-state index is 0.169. The van der Waals surface area contributed by atoms with Crippen LogP contribution in [0.3, 0.4) is 0 Å². The first kappa shape index (κ1) is 10.8. The zero-order valence-corrected chi connectivity index (χ0v) is 9.64. The molecule has 4 nitrogen and oxygen atoms in total. The molecule has 1 saturated carbocycles. The summed E-state index contributed by atoms with van der Waals surface area (Å²) in [6.45, 7) is 2.04. The van der Waals surface area contributed by atoms with Crippen LogP contribution in [0, 0.1) is 6.92 Å². The summed E-state index contributed by atoms with van der Waals surface area (Å²) in [5.41, 5.74) is 8.69. The van der Waals surface area contributed by atoms with E-state index in [1.165, 1.54) is 18.4 Å². The maximum Gasteiger partial charge on any atom is 0.172 e. The smallest absolute Gasteiger partial charge is 0.172 e. The standard InChI is InChI=1S/C12H17N3O/c1-8-3-6-10(12(13)14-16)11(7-8)15(2)9-4-5-9/h3,6-7,9,16H,4-5H2,1-2H3,(H2,13,14). The van der Waals surface area contributed by atoms with Gasteiger partial charge in [0, 0.05) is 24.3 Å². The largest absolute Gasteiger partial charge is 0.409 e. The number of anilines is 1. The summed E-state index contributed by atoms with van der Waals surface area (Å²) in [4.78, 5) is 2.21. The number of benzene rings is 1. The van der Waals surface area contributed by atoms with Gasteiger partial charge in [0.2, 0.25) is 0 Å². The molecule has 0 radical (unpaired) electrons. The SMILES string of the molecule is Cc1ccc(C(N)=NO)c(N(C)C2CC2)c1. The normalized spacial score (nSPS) is 16.2. The second kappa shape index (κ2) is 4.04. The molecule has 2 rings (SSSR count). The summed E-state index contributed by atoms with van der Waals surface area (Å²) in [6.07, 6.45) is 2.44. The Bertz CT molecular complexity index is 424. The van der Waals surface area contributed by atoms with Gasteiger partial charge in [0.05, 0.1) is 0 Å². The van der Waals surface area contributed by atoms with E-state index in [0.717, 1.165) is 11.3 Å². The second-order valence-corrected chi connectivity index (χ2v) is 4.35. The van der Waals surface area contributed by atoms with E-state index >= 15 is 0 Å². The Kier molecular flexibility index (Phi) is 2.73. The fourth-order valence-corrected chi connectivity index (χ4v) is 1.86. The van der Waals surface area contributed by atoms with E-state index in [9.17, 15) is 0 Å². The summed E-state index contributed by atoms with van der Waals surface area (Å²) in [6, 6.07) is 6.55. The number of oxime groups is 1. The predicted octanol–water partition coefficient (Wildman–Crippen LogP) is 1.69. The molecule has 3 N–H and O–H groups in total. The minimum Gasteiger partial charge on any atom is -0.409 e. The van der Waals surface area contributed by atoms with Crippen LogP contribution in [0.5, 0.6) is 0 Å². The predicted molar refractivity (Wildman–Crippen MR) is 65.1 cm³/mol. The third-order valence-corrected chi connectivity index (χ3v) is 3.01. The fourth-order valence-electron chi connectivity index (χ4n) is 1.86. The van der Waals surface area contributed by atoms with Crippen LogP contribution < -0.4 is 10.6 Å². The van der Waals surface area contributed by atoms with Crippen molar-refractivity contribution in [2.45, 2.75) is 25.8 Å². The van der Waals surface area contributed by atoms with Crippen LogP contribution in [0.4, 0.5) is 5.69 Å². The Balaban J connectivity index is 2.43. The Morgan fingerprint density at radius 1 is 1.50 bits per heavy atom. The van der Waals surface area contributed by atoms with Crippen LogP contribution in [0.1, 0.15) is 24.0 Å². The van der Waals surface area contributed by atoms with Gasteiger partial charge >= 0.3 is 0 Å². The third-order valence-electron chi connectivity index (χ3n) is 3.01. The van der Waals surface area contributed by atoms with E-state index in [1.54, 1.807) is 0 Å². The van der Waals surface area contributed by atoms with Crippen LogP contribution in [-0.4, -0.2) is 24.1 Å². The van der Waals surface area contributed by atoms with Crippen LogP contribution >= 0.6 is 0 Å². The average molecular weight is 219 g/mol. The van der Waals surface area contributed by atoms with E-state index in [1.807, 2.05) is 19.1 Å². The van der Waals surface area contributed by atoms with Crippen molar-refractivity contribution in [1.82, 2.24) is 0 Å². The van der Waals surface area contributed by atoms with Gasteiger partial charge in [0.1, 0.15) is 0 Å². The minimum atomic E-state index is 0.169. The molecule has 0 unspecified atom stereocenters. The summed E-state index contributed by atoms with van der Waals surface area (Å²) in [5, 5.41) is 11.8. The monoisotopic (exact) mass is 219 g/mol. The molecule has 1 aromatic carbocycles. The van der Waals surface area contributed by atoms with Crippen molar-refractivity contribution < 1.29 is 5.21 Å². The molecular weight excluding hydrogens is 202 g/mol. The Morgan fingerprint density at radius 2 is 2.19 bits per heavy atom. The van der Waals surface area contributed by atoms with Gasteiger partial charge in [-0.3, -0.25) is 0 Å². The second-order valence-electron chi connectivity index (χ2n) is 4.35. The van der Waals surface area contributed by atoms with Crippen molar-refractivity contribution in [1.29, 1.82) is 0 Å². The Morgan fingerprint density at radius 3 is 2.75 bits per heavy atom. The molecule has 0 aromatic heterocycles. The number of hydrogen-bond donors (Lipinski definition) is 2. The molecule has 0 saturated heterocycles. The maximum absolute atomic E-state index is 8.76. The van der Waals surface area contributed by atoms with Gasteiger partial charge in [-0.1, -0.05) is 11.2 Å². The number of amidine groups is 1. The highest BCUT2D eigenvalue weighted by atomic mass is 16.4. The van der Waals surface area contributed by atoms with E-state index in [2.05, 4.69) is 23.2 Å². The summed E-state index contributed by atoms with van der Waals surface area (Å²) in [5.74, 6) is 0.169. The number of aryl methyl sites for hydroxylation is 1. The lowest BCUT2D eigenvalue weighted by Gasteiger charge is -2.22. The van der Waals surface area contributed by atoms with Crippen molar-refractivity contribution >= 4 is 11.5 Å². The third kappa shape index (κ3) is 1.96. The zero-order valence-electron chi connectivity index (χ0n) is 9.64. The van der Waals surface area contributed by atoms with Crippen LogP contribution in [0.25, 0.3) is 0 Å². The lowest BCUT2D eigenvalue weighted by atomic mass is 10.1. The van der Waals surface area contributed by atoms with Gasteiger partial charge in [-0.25, -0.2) is 0 Å². The van der Waals surface area contributed by atoms with Crippen molar-refractivity contribution in [3.05, 3.63) is 29.3 Å². The van der Waals surface area contributed by atoms with Crippen LogP contribution in [0.15, 0.2) is 23.4 Å². The van der Waals surface area contributed by atoms with E-state index in [4.69, 9.17) is 10.9 Å². The van der Waals surface area contributed by atoms with Gasteiger partial charge in [-0.15, -0.1) is 0 Å². The molecule has 1 fully saturated rings. The van der Waals surface area contributed by atoms with Gasteiger partial charge in [-0.2, -0.15) is 0 Å². The van der Waals surface area contributed by atoms with Crippen LogP contribution in [0.2, 0.25) is 0 Å². The van der Waals surface area contributed by atoms with Crippen LogP contribution in [-0.2, 0) is 0 Å². The van der Waals surface area contributed by atoms with Crippen molar-refractivity contribution in [2.75, 3.05) is 11.9 Å². The van der Waals surface area contributed by atoms with Gasteiger partial charge in [0.15, 0.2) is 5.84 Å². The van der Waals surface area contributed by atoms with Crippen molar-refractivity contribution in [3.63, 3.8) is 0 Å². The molecule has 0 spiro atoms. The number of rotatable bonds is 3. The first-order valence-corrected chi connectivity index (χ1v) is 5.45. The highest BCUT2D eigenvalue weighted by molar-refractivity contribution is 6.02. The summed E-state index contributed by atoms with van der Waals surface area (Å²) in [7, 11) is 2.06. The van der Waals surface area contributed by atoms with Crippen molar-refractivity contribution in [2.24, 2.45) is 10.9 Å². The Hall–Kier alpha value is -1.71. The molecule has 0 heterocycles. The molecule has 1 aliphatic carbocycles. The van der Waals surface area contributed by atoms with E-state index in [0.29, 0.717) is 6.04 Å². The van der Waals surface area contributed by atoms with Gasteiger partial charge in [0.25, 0.3) is 0 Å². The maximum atomic E-state index is 8.76. The molecule has 0 atom stereocenters. The first-order valence-electron chi connectivity index (χ1n) is 5.45. The molecule has 16 heavy (non-hydrogen) atoms. The quantitative estimate of drug-likeness (QED) is 0.352. The Labute approximate surface area is 95.4 Å². The molecule has 0 bridgehead atoms. The molecule has 1 aliphatic rings. The first-order chi connectivity index (χ1) is 7.63. The summed E-state index contributed by atoms with van der Waals surface area (Å²) >= 11 is 0. The molecule has 86 valence electrons. The van der Waals surface area contributed by atoms with Crippen molar-refractivity contribution in [3.8, 4) is 0 Å². The average Bonchev–Trinajstić information content (AvgIpc) is 3.11. The molecule has 0 aliphatic heterocycles. The number of nitrogens with zero attached hydrogens (tertiary/aromatic N) is 2. The highest BCUT2D eigenvalue weighted by Gasteiger charge is 2.28. The van der Waals surface area contributed by atoms with Gasteiger partial charge in [-0.05, 0) is 37.5 Å². The van der Waals surface area contributed by atoms with E-state index < -0.39 is 0 Å². The zero-order chi connectivity index (χ0) is 11.7. The highest BCUT2D eigenvalue weighted by Crippen LogP contribution is 2.32. The lowest BCUT2D eigenvalue weighted by Crippen LogP contribution is -2.24. The number of hydrogen-bond acceptors (Lipinski definition) is 3. The number of nitrogens with two attached hydrogens (primary N) is 1. The molecule has 0 amide bonds. The molecule has 1 aromatic rings. The summed E-state index contributed by atoms with van der Waals surface area (Å²) < 4.78 is 0. The lowest BCUT2D eigenvalue weighted by molar-refractivity contribution is 0.318. The topological polar surface area (TPSA) is 61.9 Å². The van der Waals surface area contributed by atoms with Gasteiger partial charge < -0.3 is 15.8 Å².